The predicted molar refractivity (Wildman–Crippen MR) is 57.6 cm³/mol. The Morgan fingerprint density at radius 3 is 2.35 bits per heavy atom. The van der Waals surface area contributed by atoms with Crippen LogP contribution in [0.25, 0.3) is 0 Å². The molecule has 2 heterocycles. The molecule has 0 fully saturated rings. The van der Waals surface area contributed by atoms with Gasteiger partial charge in [-0.2, -0.15) is 13.2 Å². The summed E-state index contributed by atoms with van der Waals surface area (Å²) in [5, 5.41) is 0.506. The van der Waals surface area contributed by atoms with E-state index in [1.165, 1.54) is 18.3 Å². The van der Waals surface area contributed by atoms with Crippen molar-refractivity contribution in [3.05, 3.63) is 48.4 Å². The minimum Gasteiger partial charge on any atom is -0.251 e. The lowest BCUT2D eigenvalue weighted by Gasteiger charge is -2.10. The zero-order valence-corrected chi connectivity index (χ0v) is 9.29. The Bertz CT molecular complexity index is 500. The van der Waals surface area contributed by atoms with Crippen molar-refractivity contribution in [2.45, 2.75) is 16.1 Å². The molecule has 0 saturated carbocycles. The molecule has 0 unspecified atom stereocenters. The van der Waals surface area contributed by atoms with Gasteiger partial charge in [-0.15, -0.1) is 0 Å². The average molecular weight is 256 g/mol. The second-order valence-corrected chi connectivity index (χ2v) is 4.18. The van der Waals surface area contributed by atoms with E-state index in [0.717, 1.165) is 18.0 Å². The molecule has 2 nitrogen and oxygen atoms in total. The average Bonchev–Trinajstić information content (AvgIpc) is 2.30. The van der Waals surface area contributed by atoms with Gasteiger partial charge < -0.3 is 0 Å². The minimum absolute atomic E-state index is 0.0544. The lowest BCUT2D eigenvalue weighted by Crippen LogP contribution is -2.09. The summed E-state index contributed by atoms with van der Waals surface area (Å²) in [6, 6.07) is 7.93. The second kappa shape index (κ2) is 4.75. The first-order valence-electron chi connectivity index (χ1n) is 4.68. The third-order valence-electron chi connectivity index (χ3n) is 1.89. The van der Waals surface area contributed by atoms with Crippen LogP contribution in [0.15, 0.2) is 52.6 Å². The molecule has 2 aromatic heterocycles. The van der Waals surface area contributed by atoms with Gasteiger partial charge >= 0.3 is 6.18 Å². The van der Waals surface area contributed by atoms with Gasteiger partial charge in [0, 0.05) is 17.3 Å². The summed E-state index contributed by atoms with van der Waals surface area (Å²) in [4.78, 5) is 7.39. The lowest BCUT2D eigenvalue weighted by molar-refractivity contribution is -0.143. The molecule has 2 aromatic rings. The summed E-state index contributed by atoms with van der Waals surface area (Å²) in [7, 11) is 0. The Balaban J connectivity index is 2.34. The Morgan fingerprint density at radius 2 is 1.71 bits per heavy atom. The highest BCUT2D eigenvalue weighted by molar-refractivity contribution is 7.99. The largest absolute Gasteiger partial charge is 0.434 e. The van der Waals surface area contributed by atoms with Crippen molar-refractivity contribution in [2.24, 2.45) is 0 Å². The van der Waals surface area contributed by atoms with Crippen molar-refractivity contribution >= 4 is 11.8 Å². The quantitative estimate of drug-likeness (QED) is 0.820. The first kappa shape index (κ1) is 11.9. The van der Waals surface area contributed by atoms with Crippen LogP contribution in [0.5, 0.6) is 0 Å². The number of hydrogen-bond acceptors (Lipinski definition) is 3. The normalized spacial score (nSPS) is 11.5. The van der Waals surface area contributed by atoms with Gasteiger partial charge in [-0.05, 0) is 24.3 Å². The predicted octanol–water partition coefficient (Wildman–Crippen LogP) is 3.65. The van der Waals surface area contributed by atoms with Crippen molar-refractivity contribution in [3.63, 3.8) is 0 Å². The van der Waals surface area contributed by atoms with E-state index in [1.807, 2.05) is 0 Å². The van der Waals surface area contributed by atoms with E-state index in [9.17, 15) is 13.2 Å². The maximum Gasteiger partial charge on any atom is 0.434 e. The Kier molecular flexibility index (Phi) is 3.33. The van der Waals surface area contributed by atoms with E-state index in [1.54, 1.807) is 18.2 Å². The van der Waals surface area contributed by atoms with Gasteiger partial charge in [-0.1, -0.05) is 17.8 Å². The molecule has 0 saturated heterocycles. The van der Waals surface area contributed by atoms with Crippen LogP contribution in [-0.4, -0.2) is 9.97 Å². The van der Waals surface area contributed by atoms with Crippen molar-refractivity contribution in [1.29, 1.82) is 0 Å². The molecular formula is C11H7F3N2S. The van der Waals surface area contributed by atoms with Crippen molar-refractivity contribution in [2.75, 3.05) is 0 Å². The third kappa shape index (κ3) is 2.97. The van der Waals surface area contributed by atoms with Crippen molar-refractivity contribution < 1.29 is 13.2 Å². The molecule has 0 aliphatic rings. The van der Waals surface area contributed by atoms with Crippen LogP contribution >= 0.6 is 11.8 Å². The summed E-state index contributed by atoms with van der Waals surface area (Å²) < 4.78 is 38.0. The van der Waals surface area contributed by atoms with Gasteiger partial charge in [-0.25, -0.2) is 4.98 Å². The van der Waals surface area contributed by atoms with E-state index in [2.05, 4.69) is 9.97 Å². The SMILES string of the molecule is FC(F)(F)c1ncccc1Sc1ccccn1. The van der Waals surface area contributed by atoms with E-state index in [4.69, 9.17) is 0 Å². The molecule has 0 aliphatic carbocycles. The summed E-state index contributed by atoms with van der Waals surface area (Å²) in [6.45, 7) is 0. The standard InChI is InChI=1S/C11H7F3N2S/c12-11(13,14)10-8(4-3-7-16-10)17-9-5-1-2-6-15-9/h1-7H. The van der Waals surface area contributed by atoms with Crippen LogP contribution < -0.4 is 0 Å². The van der Waals surface area contributed by atoms with Gasteiger partial charge in [0.25, 0.3) is 0 Å². The highest BCUT2D eigenvalue weighted by Gasteiger charge is 2.35. The molecule has 0 radical (unpaired) electrons. The van der Waals surface area contributed by atoms with Crippen LogP contribution in [0.3, 0.4) is 0 Å². The fourth-order valence-corrected chi connectivity index (χ4v) is 2.10. The Morgan fingerprint density at radius 1 is 0.941 bits per heavy atom. The summed E-state index contributed by atoms with van der Waals surface area (Å²) in [5.41, 5.74) is -0.879. The smallest absolute Gasteiger partial charge is 0.251 e. The molecule has 17 heavy (non-hydrogen) atoms. The molecule has 88 valence electrons. The first-order valence-corrected chi connectivity index (χ1v) is 5.50. The monoisotopic (exact) mass is 256 g/mol. The number of rotatable bonds is 2. The zero-order valence-electron chi connectivity index (χ0n) is 8.48. The summed E-state index contributed by atoms with van der Waals surface area (Å²) >= 11 is 0.947. The lowest BCUT2D eigenvalue weighted by atomic mass is 10.3. The Labute approximate surface area is 99.9 Å². The molecule has 0 N–H and O–H groups in total. The molecule has 0 atom stereocenters. The first-order chi connectivity index (χ1) is 8.07. The van der Waals surface area contributed by atoms with Crippen LogP contribution in [0, 0.1) is 0 Å². The highest BCUT2D eigenvalue weighted by atomic mass is 32.2. The number of nitrogens with zero attached hydrogens (tertiary/aromatic N) is 2. The van der Waals surface area contributed by atoms with Crippen molar-refractivity contribution in [1.82, 2.24) is 9.97 Å². The zero-order chi connectivity index (χ0) is 12.3. The van der Waals surface area contributed by atoms with E-state index in [0.29, 0.717) is 5.03 Å². The van der Waals surface area contributed by atoms with Gasteiger partial charge in [0.15, 0.2) is 5.69 Å². The number of pyridine rings is 2. The number of hydrogen-bond donors (Lipinski definition) is 0. The van der Waals surface area contributed by atoms with Crippen LogP contribution in [0.4, 0.5) is 13.2 Å². The highest BCUT2D eigenvalue weighted by Crippen LogP contribution is 2.37. The van der Waals surface area contributed by atoms with E-state index in [-0.39, 0.29) is 4.90 Å². The van der Waals surface area contributed by atoms with Gasteiger partial charge in [-0.3, -0.25) is 4.98 Å². The molecule has 0 bridgehead atoms. The molecule has 2 rings (SSSR count). The van der Waals surface area contributed by atoms with Crippen LogP contribution in [-0.2, 0) is 6.18 Å². The molecule has 6 heteroatoms. The van der Waals surface area contributed by atoms with Crippen molar-refractivity contribution in [3.8, 4) is 0 Å². The van der Waals surface area contributed by atoms with Crippen LogP contribution in [0.2, 0.25) is 0 Å². The molecule has 0 aromatic carbocycles. The second-order valence-electron chi connectivity index (χ2n) is 3.12. The van der Waals surface area contributed by atoms with Crippen LogP contribution in [0.1, 0.15) is 5.69 Å². The molecule has 0 amide bonds. The van der Waals surface area contributed by atoms with Gasteiger partial charge in [0.1, 0.15) is 5.03 Å². The molecule has 0 spiro atoms. The minimum atomic E-state index is -4.45. The molecule has 0 aliphatic heterocycles. The fourth-order valence-electron chi connectivity index (χ4n) is 1.21. The third-order valence-corrected chi connectivity index (χ3v) is 2.89. The summed E-state index contributed by atoms with van der Waals surface area (Å²) in [6.07, 6.45) is -1.78. The number of halogens is 3. The topological polar surface area (TPSA) is 25.8 Å². The fraction of sp³-hybridized carbons (Fsp3) is 0.0909. The molecular weight excluding hydrogens is 249 g/mol. The van der Waals surface area contributed by atoms with E-state index < -0.39 is 11.9 Å². The summed E-state index contributed by atoms with van der Waals surface area (Å²) in [5.74, 6) is 0. The van der Waals surface area contributed by atoms with E-state index >= 15 is 0 Å². The number of alkyl halides is 3. The maximum atomic E-state index is 12.7. The Hall–Kier alpha value is -1.56. The van der Waals surface area contributed by atoms with Gasteiger partial charge in [0.05, 0.1) is 0 Å². The number of aromatic nitrogens is 2. The van der Waals surface area contributed by atoms with Gasteiger partial charge in [0.2, 0.25) is 0 Å². The maximum absolute atomic E-state index is 12.7.